The summed E-state index contributed by atoms with van der Waals surface area (Å²) in [6.45, 7) is 23.1. The molecule has 0 aliphatic carbocycles. The first-order valence-electron chi connectivity index (χ1n) is 29.9. The van der Waals surface area contributed by atoms with E-state index in [2.05, 4.69) is 61.1 Å². The fraction of sp³-hybridized carbons (Fsp3) is 0.154. The third kappa shape index (κ3) is 12.7. The van der Waals surface area contributed by atoms with Crippen molar-refractivity contribution in [2.24, 2.45) is 14.1 Å². The Hall–Kier alpha value is -11.0. The topological polar surface area (TPSA) is 145 Å². The van der Waals surface area contributed by atoms with E-state index in [1.807, 2.05) is 178 Å². The SMILES string of the molecule is C=C(C)C(=O)Oc1ccc2c(c1)c1cc(C(=O)c3ccc(CC)cc3)ccc1n2C.C=C(C)C(=O)Oc1ccc2c(c1)c1cc(C(=O)c3ccc(CC)cc3)ccc1n2CC.C=CC(=O)Oc1ccc2c(c1)c1cc(C(=O)c3ccc(CC)cc3)ccc1n2C. The number of ether oxygens (including phenoxy) is 3. The number of aryl methyl sites for hydroxylation is 6. The van der Waals surface area contributed by atoms with Crippen LogP contribution in [-0.4, -0.2) is 49.0 Å². The predicted molar refractivity (Wildman–Crippen MR) is 360 cm³/mol. The lowest BCUT2D eigenvalue weighted by Gasteiger charge is -2.05. The Bertz CT molecular complexity index is 4880. The van der Waals surface area contributed by atoms with Crippen LogP contribution in [0.2, 0.25) is 0 Å². The van der Waals surface area contributed by atoms with Gasteiger partial charge in [-0.15, -0.1) is 0 Å². The van der Waals surface area contributed by atoms with Crippen LogP contribution in [0.5, 0.6) is 17.2 Å². The van der Waals surface area contributed by atoms with Gasteiger partial charge < -0.3 is 27.9 Å². The lowest BCUT2D eigenvalue weighted by molar-refractivity contribution is -0.130. The smallest absolute Gasteiger partial charge is 0.338 e. The lowest BCUT2D eigenvalue weighted by atomic mass is 9.99. The number of carbonyl (C=O) groups is 6. The molecule has 0 bridgehead atoms. The second kappa shape index (κ2) is 26.6. The summed E-state index contributed by atoms with van der Waals surface area (Å²) in [5.74, 6) is -0.0878. The van der Waals surface area contributed by atoms with Gasteiger partial charge in [-0.3, -0.25) is 14.4 Å². The Morgan fingerprint density at radius 1 is 0.367 bits per heavy atom. The molecule has 0 spiro atoms. The molecule has 0 aliphatic heterocycles. The first kappa shape index (κ1) is 62.1. The number of nitrogens with zero attached hydrogens (tertiary/aromatic N) is 3. The molecule has 450 valence electrons. The maximum Gasteiger partial charge on any atom is 0.338 e. The molecule has 0 saturated carbocycles. The molecule has 3 heterocycles. The molecule has 90 heavy (non-hydrogen) atoms. The molecule has 0 unspecified atom stereocenters. The van der Waals surface area contributed by atoms with Crippen LogP contribution in [0.3, 0.4) is 0 Å². The van der Waals surface area contributed by atoms with Gasteiger partial charge in [0.1, 0.15) is 17.2 Å². The van der Waals surface area contributed by atoms with E-state index in [9.17, 15) is 28.8 Å². The predicted octanol–water partition coefficient (Wildman–Crippen LogP) is 16.9. The van der Waals surface area contributed by atoms with Gasteiger partial charge in [0.15, 0.2) is 17.3 Å². The monoisotopic (exact) mass is 1190 g/mol. The molecule has 3 aromatic heterocycles. The van der Waals surface area contributed by atoms with E-state index in [1.54, 1.807) is 32.0 Å². The normalized spacial score (nSPS) is 11.0. The molecule has 12 rings (SSSR count). The Kier molecular flexibility index (Phi) is 18.3. The van der Waals surface area contributed by atoms with Crippen LogP contribution in [0.25, 0.3) is 65.4 Å². The van der Waals surface area contributed by atoms with Gasteiger partial charge >= 0.3 is 17.9 Å². The van der Waals surface area contributed by atoms with E-state index in [0.717, 1.165) is 97.3 Å². The zero-order valence-electron chi connectivity index (χ0n) is 51.9. The van der Waals surface area contributed by atoms with Crippen molar-refractivity contribution < 1.29 is 43.0 Å². The largest absolute Gasteiger partial charge is 0.423 e. The molecule has 0 N–H and O–H groups in total. The van der Waals surface area contributed by atoms with Crippen molar-refractivity contribution in [3.8, 4) is 17.2 Å². The van der Waals surface area contributed by atoms with E-state index in [1.165, 1.54) is 16.7 Å². The molecule has 12 nitrogen and oxygen atoms in total. The Morgan fingerprint density at radius 2 is 0.633 bits per heavy atom. The van der Waals surface area contributed by atoms with Crippen molar-refractivity contribution in [1.82, 2.24) is 13.7 Å². The summed E-state index contributed by atoms with van der Waals surface area (Å²) < 4.78 is 22.4. The maximum atomic E-state index is 13.1. The molecule has 0 fully saturated rings. The number of aromatic nitrogens is 3. The molecule has 9 aromatic carbocycles. The first-order chi connectivity index (χ1) is 43.3. The van der Waals surface area contributed by atoms with Crippen molar-refractivity contribution in [3.63, 3.8) is 0 Å². The fourth-order valence-corrected chi connectivity index (χ4v) is 11.2. The second-order valence-electron chi connectivity index (χ2n) is 22.2. The standard InChI is InChI=1S/C27H25NO3.C26H23NO3.C25H21NO3/c1-5-18-7-9-19(10-8-18)26(29)20-11-13-24-22(15-20)23-16-21(31-27(30)17(3)4)12-14-25(23)28(24)6-2;1-5-17-6-8-18(9-7-17)25(28)19-10-12-23-21(14-19)22-15-20(30-26(29)16(2)3)11-13-24(22)27(23)4;1-4-16-6-8-17(9-7-16)25(28)18-10-12-22-20(14-18)21-15-19(29-24(27)5-2)11-13-23(21)26(22)3/h7-16H,3,5-6H2,1-2,4H3;6-15H,2,5H2,1,3-4H3;5-15H,2,4H2,1,3H3. The number of hydrogen-bond acceptors (Lipinski definition) is 9. The van der Waals surface area contributed by atoms with Crippen LogP contribution in [0.4, 0.5) is 0 Å². The average Bonchev–Trinajstić information content (AvgIpc) is 1.81. The molecular weight excluding hydrogens is 1120 g/mol. The summed E-state index contributed by atoms with van der Waals surface area (Å²) >= 11 is 0. The summed E-state index contributed by atoms with van der Waals surface area (Å²) in [7, 11) is 3.96. The van der Waals surface area contributed by atoms with Gasteiger partial charge in [-0.1, -0.05) is 113 Å². The highest BCUT2D eigenvalue weighted by Gasteiger charge is 2.20. The zero-order chi connectivity index (χ0) is 64.1. The van der Waals surface area contributed by atoms with Gasteiger partial charge in [0, 0.05) is 137 Å². The van der Waals surface area contributed by atoms with Crippen molar-refractivity contribution in [3.05, 3.63) is 269 Å². The third-order valence-electron chi connectivity index (χ3n) is 16.3. The van der Waals surface area contributed by atoms with Gasteiger partial charge in [-0.25, -0.2) is 14.4 Å². The molecule has 0 saturated heterocycles. The minimum Gasteiger partial charge on any atom is -0.423 e. The fourth-order valence-electron chi connectivity index (χ4n) is 11.2. The summed E-state index contributed by atoms with van der Waals surface area (Å²) in [5, 5.41) is 5.64. The molecule has 12 aromatic rings. The van der Waals surface area contributed by atoms with Gasteiger partial charge in [-0.2, -0.15) is 0 Å². The molecule has 0 aliphatic rings. The third-order valence-corrected chi connectivity index (χ3v) is 16.3. The van der Waals surface area contributed by atoms with E-state index in [-0.39, 0.29) is 17.3 Å². The van der Waals surface area contributed by atoms with Crippen molar-refractivity contribution in [1.29, 1.82) is 0 Å². The first-order valence-corrected chi connectivity index (χ1v) is 29.9. The average molecular weight is 1190 g/mol. The molecular formula is C78H69N3O9. The Balaban J connectivity index is 0.000000149. The van der Waals surface area contributed by atoms with E-state index < -0.39 is 17.9 Å². The highest BCUT2D eigenvalue weighted by molar-refractivity contribution is 6.17. The van der Waals surface area contributed by atoms with Gasteiger partial charge in [0.25, 0.3) is 0 Å². The molecule has 0 amide bonds. The summed E-state index contributed by atoms with van der Waals surface area (Å²) in [6, 6.07) is 57.1. The van der Waals surface area contributed by atoms with Crippen LogP contribution >= 0.6 is 0 Å². The summed E-state index contributed by atoms with van der Waals surface area (Å²) in [4.78, 5) is 74.5. The van der Waals surface area contributed by atoms with E-state index in [4.69, 9.17) is 14.2 Å². The van der Waals surface area contributed by atoms with Crippen LogP contribution < -0.4 is 14.2 Å². The number of hydrogen-bond donors (Lipinski definition) is 0. The Labute approximate surface area is 522 Å². The zero-order valence-corrected chi connectivity index (χ0v) is 51.9. The van der Waals surface area contributed by atoms with Gasteiger partial charge in [0.05, 0.1) is 0 Å². The highest BCUT2D eigenvalue weighted by Crippen LogP contribution is 2.36. The highest BCUT2D eigenvalue weighted by atomic mass is 16.5. The number of fused-ring (bicyclic) bond motifs is 9. The number of benzene rings is 9. The summed E-state index contributed by atoms with van der Waals surface area (Å²) in [5.41, 5.74) is 14.3. The number of ketones is 3. The van der Waals surface area contributed by atoms with Crippen molar-refractivity contribution >= 4 is 101 Å². The maximum absolute atomic E-state index is 13.1. The van der Waals surface area contributed by atoms with Crippen LogP contribution in [0.15, 0.2) is 219 Å². The van der Waals surface area contributed by atoms with Gasteiger partial charge in [-0.05, 0) is 166 Å². The number of rotatable bonds is 16. The second-order valence-corrected chi connectivity index (χ2v) is 22.2. The minimum absolute atomic E-state index is 0.00758. The number of carbonyl (C=O) groups excluding carboxylic acids is 6. The van der Waals surface area contributed by atoms with Crippen molar-refractivity contribution in [2.45, 2.75) is 67.3 Å². The molecule has 12 heteroatoms. The van der Waals surface area contributed by atoms with Gasteiger partial charge in [0.2, 0.25) is 0 Å². The Morgan fingerprint density at radius 3 is 0.944 bits per heavy atom. The lowest BCUT2D eigenvalue weighted by Crippen LogP contribution is -2.07. The van der Waals surface area contributed by atoms with Crippen LogP contribution in [0.1, 0.15) is 106 Å². The summed E-state index contributed by atoms with van der Waals surface area (Å²) in [6.07, 6.45) is 3.95. The number of esters is 3. The quantitative estimate of drug-likeness (QED) is 0.0399. The minimum atomic E-state index is -0.504. The van der Waals surface area contributed by atoms with Crippen LogP contribution in [-0.2, 0) is 54.3 Å². The van der Waals surface area contributed by atoms with E-state index >= 15 is 0 Å². The molecule has 0 radical (unpaired) electrons. The van der Waals surface area contributed by atoms with E-state index in [0.29, 0.717) is 61.8 Å². The van der Waals surface area contributed by atoms with Crippen LogP contribution in [0, 0.1) is 0 Å². The van der Waals surface area contributed by atoms with Crippen molar-refractivity contribution in [2.75, 3.05) is 0 Å². The molecule has 0 atom stereocenters.